The van der Waals surface area contributed by atoms with Crippen LogP contribution in [0.2, 0.25) is 0 Å². The Bertz CT molecular complexity index is 457. The predicted molar refractivity (Wildman–Crippen MR) is 87.5 cm³/mol. The normalized spacial score (nSPS) is 21.0. The SMILES string of the molecule is CN1CCN(c2ccnc(NCCN3CCOCC3)n2)CC1. The third-order valence-electron chi connectivity index (χ3n) is 4.28. The van der Waals surface area contributed by atoms with E-state index in [9.17, 15) is 0 Å². The number of ether oxygens (including phenoxy) is 1. The zero-order valence-electron chi connectivity index (χ0n) is 13.4. The van der Waals surface area contributed by atoms with Gasteiger partial charge in [0.15, 0.2) is 0 Å². The lowest BCUT2D eigenvalue weighted by atomic mass is 10.3. The average molecular weight is 306 g/mol. The fraction of sp³-hybridized carbons (Fsp3) is 0.733. The summed E-state index contributed by atoms with van der Waals surface area (Å²) < 4.78 is 5.36. The van der Waals surface area contributed by atoms with Gasteiger partial charge in [-0.2, -0.15) is 4.98 Å². The van der Waals surface area contributed by atoms with Crippen molar-refractivity contribution in [2.24, 2.45) is 0 Å². The molecule has 7 nitrogen and oxygen atoms in total. The minimum Gasteiger partial charge on any atom is -0.379 e. The third-order valence-corrected chi connectivity index (χ3v) is 4.28. The molecule has 0 atom stereocenters. The van der Waals surface area contributed by atoms with Crippen LogP contribution in [0.15, 0.2) is 12.3 Å². The molecular weight excluding hydrogens is 280 g/mol. The zero-order chi connectivity index (χ0) is 15.2. The molecule has 2 aliphatic rings. The molecule has 7 heteroatoms. The fourth-order valence-corrected chi connectivity index (χ4v) is 2.80. The topological polar surface area (TPSA) is 56.8 Å². The van der Waals surface area contributed by atoms with E-state index in [0.29, 0.717) is 0 Å². The lowest BCUT2D eigenvalue weighted by molar-refractivity contribution is 0.0398. The summed E-state index contributed by atoms with van der Waals surface area (Å²) in [6.45, 7) is 9.82. The highest BCUT2D eigenvalue weighted by Gasteiger charge is 2.15. The summed E-state index contributed by atoms with van der Waals surface area (Å²) in [5.41, 5.74) is 0. The number of likely N-dealkylation sites (N-methyl/N-ethyl adjacent to an activating group) is 1. The van der Waals surface area contributed by atoms with Crippen LogP contribution >= 0.6 is 0 Å². The molecule has 1 aromatic rings. The maximum atomic E-state index is 5.36. The van der Waals surface area contributed by atoms with E-state index in [0.717, 1.165) is 77.3 Å². The smallest absolute Gasteiger partial charge is 0.224 e. The fourth-order valence-electron chi connectivity index (χ4n) is 2.80. The third kappa shape index (κ3) is 4.28. The van der Waals surface area contributed by atoms with Crippen molar-refractivity contribution < 1.29 is 4.74 Å². The van der Waals surface area contributed by atoms with Crippen LogP contribution in [0.3, 0.4) is 0 Å². The van der Waals surface area contributed by atoms with Crippen LogP contribution in [0.1, 0.15) is 0 Å². The summed E-state index contributed by atoms with van der Waals surface area (Å²) in [4.78, 5) is 16.1. The van der Waals surface area contributed by atoms with Gasteiger partial charge in [0.25, 0.3) is 0 Å². The van der Waals surface area contributed by atoms with Crippen molar-refractivity contribution in [3.8, 4) is 0 Å². The molecule has 0 aromatic carbocycles. The van der Waals surface area contributed by atoms with Gasteiger partial charge in [-0.05, 0) is 13.1 Å². The molecule has 0 spiro atoms. The second-order valence-electron chi connectivity index (χ2n) is 5.91. The molecule has 0 aliphatic carbocycles. The maximum Gasteiger partial charge on any atom is 0.224 e. The van der Waals surface area contributed by atoms with E-state index >= 15 is 0 Å². The molecular formula is C15H26N6O. The van der Waals surface area contributed by atoms with Crippen molar-refractivity contribution in [3.05, 3.63) is 12.3 Å². The first kappa shape index (κ1) is 15.5. The molecule has 0 amide bonds. The first-order valence-electron chi connectivity index (χ1n) is 8.12. The number of anilines is 2. The van der Waals surface area contributed by atoms with Crippen LogP contribution in [0.25, 0.3) is 0 Å². The molecule has 3 rings (SSSR count). The zero-order valence-corrected chi connectivity index (χ0v) is 13.4. The number of morpholine rings is 1. The molecule has 1 aromatic heterocycles. The quantitative estimate of drug-likeness (QED) is 0.820. The minimum atomic E-state index is 0.727. The van der Waals surface area contributed by atoms with Gasteiger partial charge in [-0.15, -0.1) is 0 Å². The van der Waals surface area contributed by atoms with Gasteiger partial charge in [0.2, 0.25) is 5.95 Å². The molecule has 0 unspecified atom stereocenters. The van der Waals surface area contributed by atoms with Gasteiger partial charge in [0.1, 0.15) is 5.82 Å². The van der Waals surface area contributed by atoms with Gasteiger partial charge in [-0.25, -0.2) is 4.98 Å². The van der Waals surface area contributed by atoms with E-state index in [2.05, 4.69) is 37.0 Å². The van der Waals surface area contributed by atoms with E-state index < -0.39 is 0 Å². The lowest BCUT2D eigenvalue weighted by Gasteiger charge is -2.33. The highest BCUT2D eigenvalue weighted by atomic mass is 16.5. The molecule has 2 saturated heterocycles. The van der Waals surface area contributed by atoms with E-state index in [1.165, 1.54) is 0 Å². The molecule has 1 N–H and O–H groups in total. The van der Waals surface area contributed by atoms with Crippen molar-refractivity contribution in [1.82, 2.24) is 19.8 Å². The van der Waals surface area contributed by atoms with E-state index in [-0.39, 0.29) is 0 Å². The van der Waals surface area contributed by atoms with Crippen LogP contribution in [0, 0.1) is 0 Å². The highest BCUT2D eigenvalue weighted by molar-refractivity contribution is 5.42. The Labute approximate surface area is 132 Å². The minimum absolute atomic E-state index is 0.727. The molecule has 22 heavy (non-hydrogen) atoms. The first-order valence-corrected chi connectivity index (χ1v) is 8.12. The number of piperazine rings is 1. The molecule has 2 aliphatic heterocycles. The van der Waals surface area contributed by atoms with Crippen LogP contribution in [-0.4, -0.2) is 92.4 Å². The standard InChI is InChI=1S/C15H26N6O/c1-19-6-8-21(9-7-19)14-2-3-16-15(18-14)17-4-5-20-10-12-22-13-11-20/h2-3H,4-13H2,1H3,(H,16,17,18). The second kappa shape index (κ2) is 7.71. The summed E-state index contributed by atoms with van der Waals surface area (Å²) in [7, 11) is 2.16. The second-order valence-corrected chi connectivity index (χ2v) is 5.91. The predicted octanol–water partition coefficient (Wildman–Crippen LogP) is -0.0275. The van der Waals surface area contributed by atoms with Crippen molar-refractivity contribution in [3.63, 3.8) is 0 Å². The highest BCUT2D eigenvalue weighted by Crippen LogP contribution is 2.14. The van der Waals surface area contributed by atoms with Crippen LogP contribution in [-0.2, 0) is 4.74 Å². The van der Waals surface area contributed by atoms with E-state index in [4.69, 9.17) is 4.74 Å². The number of hydrogen-bond donors (Lipinski definition) is 1. The van der Waals surface area contributed by atoms with E-state index in [1.54, 1.807) is 0 Å². The van der Waals surface area contributed by atoms with Crippen molar-refractivity contribution >= 4 is 11.8 Å². The van der Waals surface area contributed by atoms with Gasteiger partial charge in [-0.1, -0.05) is 0 Å². The molecule has 122 valence electrons. The summed E-state index contributed by atoms with van der Waals surface area (Å²) >= 11 is 0. The monoisotopic (exact) mass is 306 g/mol. The van der Waals surface area contributed by atoms with Crippen LogP contribution in [0.4, 0.5) is 11.8 Å². The number of rotatable bonds is 5. The maximum absolute atomic E-state index is 5.36. The largest absolute Gasteiger partial charge is 0.379 e. The lowest BCUT2D eigenvalue weighted by Crippen LogP contribution is -2.44. The van der Waals surface area contributed by atoms with Crippen molar-refractivity contribution in [1.29, 1.82) is 0 Å². The van der Waals surface area contributed by atoms with Crippen LogP contribution in [0.5, 0.6) is 0 Å². The Morgan fingerprint density at radius 2 is 1.91 bits per heavy atom. The number of nitrogens with zero attached hydrogens (tertiary/aromatic N) is 5. The Morgan fingerprint density at radius 1 is 1.14 bits per heavy atom. The molecule has 2 fully saturated rings. The molecule has 0 saturated carbocycles. The van der Waals surface area contributed by atoms with Gasteiger partial charge in [-0.3, -0.25) is 4.90 Å². The summed E-state index contributed by atoms with van der Waals surface area (Å²) in [5, 5.41) is 3.34. The van der Waals surface area contributed by atoms with Gasteiger partial charge >= 0.3 is 0 Å². The molecule has 0 radical (unpaired) electrons. The van der Waals surface area contributed by atoms with Gasteiger partial charge < -0.3 is 19.9 Å². The number of aromatic nitrogens is 2. The van der Waals surface area contributed by atoms with Crippen LogP contribution < -0.4 is 10.2 Å². The Kier molecular flexibility index (Phi) is 5.42. The number of hydrogen-bond acceptors (Lipinski definition) is 7. The Balaban J connectivity index is 1.48. The Morgan fingerprint density at radius 3 is 2.68 bits per heavy atom. The van der Waals surface area contributed by atoms with Gasteiger partial charge in [0, 0.05) is 58.6 Å². The first-order chi connectivity index (χ1) is 10.8. The summed E-state index contributed by atoms with van der Waals surface area (Å²) in [6.07, 6.45) is 1.84. The molecule has 0 bridgehead atoms. The van der Waals surface area contributed by atoms with Crippen molar-refractivity contribution in [2.45, 2.75) is 0 Å². The Hall–Kier alpha value is -1.44. The molecule has 3 heterocycles. The van der Waals surface area contributed by atoms with E-state index in [1.807, 2.05) is 12.3 Å². The summed E-state index contributed by atoms with van der Waals surface area (Å²) in [5.74, 6) is 1.75. The van der Waals surface area contributed by atoms with Gasteiger partial charge in [0.05, 0.1) is 13.2 Å². The number of nitrogens with one attached hydrogen (secondary N) is 1. The average Bonchev–Trinajstić information content (AvgIpc) is 2.57. The van der Waals surface area contributed by atoms with Crippen molar-refractivity contribution in [2.75, 3.05) is 82.8 Å². The summed E-state index contributed by atoms with van der Waals surface area (Å²) in [6, 6.07) is 2.00.